The van der Waals surface area contributed by atoms with E-state index < -0.39 is 5.97 Å². The Morgan fingerprint density at radius 2 is 1.93 bits per heavy atom. The molecule has 136 valence electrons. The van der Waals surface area contributed by atoms with Crippen molar-refractivity contribution in [2.75, 3.05) is 0 Å². The van der Waals surface area contributed by atoms with Gasteiger partial charge in [-0.15, -0.1) is 11.3 Å². The topological polar surface area (TPSA) is 87.1 Å². The van der Waals surface area contributed by atoms with E-state index in [1.807, 2.05) is 24.3 Å². The number of rotatable bonds is 5. The summed E-state index contributed by atoms with van der Waals surface area (Å²) in [5.41, 5.74) is 1.56. The molecule has 0 aliphatic carbocycles. The molecule has 0 spiro atoms. The van der Waals surface area contributed by atoms with Crippen molar-refractivity contribution >= 4 is 45.4 Å². The number of allylic oxidation sites excluding steroid dienone is 1. The summed E-state index contributed by atoms with van der Waals surface area (Å²) in [5.74, 6) is -0.111. The Kier molecular flexibility index (Phi) is 4.98. The first-order valence-electron chi connectivity index (χ1n) is 8.22. The van der Waals surface area contributed by atoms with E-state index >= 15 is 0 Å². The van der Waals surface area contributed by atoms with E-state index in [9.17, 15) is 15.2 Å². The van der Waals surface area contributed by atoms with Crippen LogP contribution in [0.5, 0.6) is 0 Å². The van der Waals surface area contributed by atoms with Crippen molar-refractivity contribution in [1.82, 2.24) is 4.98 Å². The Morgan fingerprint density at radius 3 is 2.71 bits per heavy atom. The van der Waals surface area contributed by atoms with Gasteiger partial charge in [-0.2, -0.15) is 5.26 Å². The van der Waals surface area contributed by atoms with Crippen LogP contribution in [0.25, 0.3) is 27.6 Å². The molecule has 7 heteroatoms. The Hall–Kier alpha value is -3.34. The number of thioether (sulfide) groups is 1. The zero-order chi connectivity index (χ0) is 19.5. The first-order valence-corrected chi connectivity index (χ1v) is 9.85. The van der Waals surface area contributed by atoms with Crippen LogP contribution in [0.2, 0.25) is 0 Å². The Labute approximate surface area is 168 Å². The number of thiazole rings is 1. The number of hydrogen-bond acceptors (Lipinski definition) is 6. The van der Waals surface area contributed by atoms with Gasteiger partial charge in [-0.1, -0.05) is 30.3 Å². The molecule has 0 amide bonds. The molecule has 0 radical (unpaired) electrons. The van der Waals surface area contributed by atoms with Crippen LogP contribution < -0.4 is 0 Å². The normalized spacial score (nSPS) is 11.5. The van der Waals surface area contributed by atoms with Crippen LogP contribution in [0.4, 0.5) is 0 Å². The van der Waals surface area contributed by atoms with Crippen LogP contribution >= 0.6 is 23.1 Å². The molecule has 1 N–H and O–H groups in total. The maximum absolute atomic E-state index is 11.4. The van der Waals surface area contributed by atoms with Gasteiger partial charge < -0.3 is 9.52 Å². The Balaban J connectivity index is 1.61. The SMILES string of the molecule is N#CC(=Cc1ccc(-c2ccccc2C(=O)O)o1)Sc1nc2ccccc2s1. The molecular formula is C21H12N2O3S2. The number of aromatic nitrogens is 1. The number of benzene rings is 2. The van der Waals surface area contributed by atoms with Crippen molar-refractivity contribution in [2.24, 2.45) is 0 Å². The van der Waals surface area contributed by atoms with Crippen molar-refractivity contribution < 1.29 is 14.3 Å². The van der Waals surface area contributed by atoms with E-state index in [1.54, 1.807) is 36.4 Å². The number of fused-ring (bicyclic) bond motifs is 1. The molecular weight excluding hydrogens is 392 g/mol. The largest absolute Gasteiger partial charge is 0.478 e. The van der Waals surface area contributed by atoms with Gasteiger partial charge in [0.1, 0.15) is 17.6 Å². The summed E-state index contributed by atoms with van der Waals surface area (Å²) >= 11 is 2.80. The third kappa shape index (κ3) is 3.69. The van der Waals surface area contributed by atoms with Gasteiger partial charge in [-0.25, -0.2) is 9.78 Å². The third-order valence-electron chi connectivity index (χ3n) is 3.90. The highest BCUT2D eigenvalue weighted by atomic mass is 32.2. The Bertz CT molecular complexity index is 1210. The fourth-order valence-electron chi connectivity index (χ4n) is 2.66. The van der Waals surface area contributed by atoms with Crippen LogP contribution in [0.15, 0.2) is 74.3 Å². The minimum Gasteiger partial charge on any atom is -0.478 e. The molecule has 0 aliphatic rings. The summed E-state index contributed by atoms with van der Waals surface area (Å²) in [6.45, 7) is 0. The van der Waals surface area contributed by atoms with Gasteiger partial charge >= 0.3 is 5.97 Å². The molecule has 0 saturated heterocycles. The summed E-state index contributed by atoms with van der Waals surface area (Å²) in [5, 5.41) is 18.8. The molecule has 2 heterocycles. The second-order valence-corrected chi connectivity index (χ2v) is 8.04. The van der Waals surface area contributed by atoms with Crippen molar-refractivity contribution in [3.05, 3.63) is 76.9 Å². The molecule has 0 saturated carbocycles. The molecule has 2 aromatic carbocycles. The van der Waals surface area contributed by atoms with Gasteiger partial charge in [-0.3, -0.25) is 0 Å². The van der Waals surface area contributed by atoms with E-state index in [1.165, 1.54) is 29.2 Å². The highest BCUT2D eigenvalue weighted by Gasteiger charge is 2.14. The number of nitrogens with zero attached hydrogens (tertiary/aromatic N) is 2. The van der Waals surface area contributed by atoms with Gasteiger partial charge in [0, 0.05) is 11.6 Å². The van der Waals surface area contributed by atoms with Crippen LogP contribution in [0, 0.1) is 11.3 Å². The highest BCUT2D eigenvalue weighted by Crippen LogP contribution is 2.35. The van der Waals surface area contributed by atoms with E-state index in [-0.39, 0.29) is 5.56 Å². The molecule has 0 bridgehead atoms. The van der Waals surface area contributed by atoms with Crippen molar-refractivity contribution in [2.45, 2.75) is 4.34 Å². The molecule has 2 aromatic heterocycles. The number of nitriles is 1. The molecule has 5 nitrogen and oxygen atoms in total. The quantitative estimate of drug-likeness (QED) is 0.329. The van der Waals surface area contributed by atoms with Crippen LogP contribution in [0.3, 0.4) is 0 Å². The van der Waals surface area contributed by atoms with E-state index in [2.05, 4.69) is 11.1 Å². The lowest BCUT2D eigenvalue weighted by atomic mass is 10.1. The van der Waals surface area contributed by atoms with E-state index in [0.717, 1.165) is 14.6 Å². The van der Waals surface area contributed by atoms with Crippen LogP contribution in [-0.2, 0) is 0 Å². The zero-order valence-corrected chi connectivity index (χ0v) is 16.0. The van der Waals surface area contributed by atoms with Gasteiger partial charge in [0.05, 0.1) is 20.7 Å². The smallest absolute Gasteiger partial charge is 0.336 e. The van der Waals surface area contributed by atoms with Gasteiger partial charge in [0.25, 0.3) is 0 Å². The fourth-order valence-corrected chi connectivity index (χ4v) is 4.62. The minimum absolute atomic E-state index is 0.164. The van der Waals surface area contributed by atoms with Crippen LogP contribution in [0.1, 0.15) is 16.1 Å². The number of furan rings is 1. The maximum Gasteiger partial charge on any atom is 0.336 e. The molecule has 4 rings (SSSR count). The van der Waals surface area contributed by atoms with Crippen LogP contribution in [-0.4, -0.2) is 16.1 Å². The van der Waals surface area contributed by atoms with Crippen molar-refractivity contribution in [1.29, 1.82) is 5.26 Å². The standard InChI is InChI=1S/C21H12N2O3S2/c22-12-14(27-21-23-17-7-3-4-8-19(17)28-21)11-13-9-10-18(26-13)15-5-1-2-6-16(15)20(24)25/h1-11H,(H,24,25). The average Bonchev–Trinajstić information content (AvgIpc) is 3.33. The Morgan fingerprint density at radius 1 is 1.14 bits per heavy atom. The van der Waals surface area contributed by atoms with Crippen molar-refractivity contribution in [3.63, 3.8) is 0 Å². The second kappa shape index (κ2) is 7.72. The number of hydrogen-bond donors (Lipinski definition) is 1. The summed E-state index contributed by atoms with van der Waals surface area (Å²) in [4.78, 5) is 16.4. The van der Waals surface area contributed by atoms with E-state index in [4.69, 9.17) is 4.42 Å². The molecule has 0 unspecified atom stereocenters. The first kappa shape index (κ1) is 18.0. The molecule has 4 aromatic rings. The third-order valence-corrected chi connectivity index (χ3v) is 5.93. The van der Waals surface area contributed by atoms with Crippen molar-refractivity contribution in [3.8, 4) is 17.4 Å². The lowest BCUT2D eigenvalue weighted by molar-refractivity contribution is 0.0697. The van der Waals surface area contributed by atoms with Gasteiger partial charge in [0.15, 0.2) is 4.34 Å². The summed E-state index contributed by atoms with van der Waals surface area (Å²) < 4.78 is 7.61. The van der Waals surface area contributed by atoms with Gasteiger partial charge in [0.2, 0.25) is 0 Å². The monoisotopic (exact) mass is 404 g/mol. The number of carboxylic acid groups (broad SMARTS) is 1. The number of carboxylic acids is 1. The lowest BCUT2D eigenvalue weighted by Gasteiger charge is -2.02. The summed E-state index contributed by atoms with van der Waals surface area (Å²) in [6.07, 6.45) is 1.63. The zero-order valence-electron chi connectivity index (χ0n) is 14.3. The molecule has 0 atom stereocenters. The lowest BCUT2D eigenvalue weighted by Crippen LogP contribution is -1.98. The molecule has 0 aliphatic heterocycles. The fraction of sp³-hybridized carbons (Fsp3) is 0. The summed E-state index contributed by atoms with van der Waals surface area (Å²) in [7, 11) is 0. The minimum atomic E-state index is -1.02. The van der Waals surface area contributed by atoms with E-state index in [0.29, 0.717) is 22.0 Å². The van der Waals surface area contributed by atoms with Gasteiger partial charge in [-0.05, 0) is 42.1 Å². The maximum atomic E-state index is 11.4. The number of carbonyl (C=O) groups is 1. The molecule has 28 heavy (non-hydrogen) atoms. The second-order valence-electron chi connectivity index (χ2n) is 5.72. The highest BCUT2D eigenvalue weighted by molar-refractivity contribution is 8.05. The average molecular weight is 404 g/mol. The summed E-state index contributed by atoms with van der Waals surface area (Å²) in [6, 6.07) is 20.0. The molecule has 0 fully saturated rings. The number of aromatic carboxylic acids is 1. The predicted octanol–water partition coefficient (Wildman–Crippen LogP) is 5.91. The first-order chi connectivity index (χ1) is 13.6. The predicted molar refractivity (Wildman–Crippen MR) is 110 cm³/mol. The number of para-hydroxylation sites is 1.